The van der Waals surface area contributed by atoms with Crippen molar-refractivity contribution < 1.29 is 43.8 Å². The summed E-state index contributed by atoms with van der Waals surface area (Å²) >= 11 is 6.37. The molecule has 0 saturated carbocycles. The molecule has 0 aliphatic carbocycles. The molecule has 3 N–H and O–H groups in total. The van der Waals surface area contributed by atoms with E-state index in [0.29, 0.717) is 0 Å². The summed E-state index contributed by atoms with van der Waals surface area (Å²) < 4.78 is 28.7. The van der Waals surface area contributed by atoms with E-state index in [4.69, 9.17) is 35.3 Å². The van der Waals surface area contributed by atoms with Gasteiger partial charge in [-0.1, -0.05) is 22.9 Å². The number of halogens is 1. The van der Waals surface area contributed by atoms with Gasteiger partial charge in [-0.25, -0.2) is 9.48 Å². The van der Waals surface area contributed by atoms with Crippen molar-refractivity contribution in [2.45, 2.75) is 37.3 Å². The van der Waals surface area contributed by atoms with Crippen LogP contribution in [0.5, 0.6) is 11.5 Å². The molecule has 5 atom stereocenters. The van der Waals surface area contributed by atoms with Gasteiger partial charge in [0, 0.05) is 20.2 Å². The Morgan fingerprint density at radius 3 is 2.64 bits per heavy atom. The van der Waals surface area contributed by atoms with Gasteiger partial charge in [0.05, 0.1) is 24.3 Å². The molecule has 1 fully saturated rings. The number of carbonyl (C=O) groups excluding carboxylic acids is 1. The predicted molar refractivity (Wildman–Crippen MR) is 125 cm³/mol. The molecule has 1 aliphatic heterocycles. The van der Waals surface area contributed by atoms with Crippen LogP contribution < -0.4 is 9.47 Å². The first kappa shape index (κ1) is 26.1. The summed E-state index contributed by atoms with van der Waals surface area (Å²) in [5.74, 6) is -0.531. The number of nitrogens with zero attached hydrogens (tertiary/aromatic N) is 3. The highest BCUT2D eigenvalue weighted by Gasteiger charge is 2.47. The number of methoxy groups -OCH3 is 2. The maximum atomic E-state index is 13.0. The molecule has 1 aliphatic rings. The minimum atomic E-state index is -1.57. The van der Waals surface area contributed by atoms with Gasteiger partial charge in [-0.05, 0) is 23.8 Å². The molecule has 0 unspecified atom stereocenters. The summed E-state index contributed by atoms with van der Waals surface area (Å²) in [4.78, 5) is 13.0. The number of fused-ring (bicyclic) bond motifs is 1. The second-order valence-corrected chi connectivity index (χ2v) is 8.53. The Balaban J connectivity index is 1.50. The maximum absolute atomic E-state index is 13.0. The van der Waals surface area contributed by atoms with Crippen LogP contribution in [-0.2, 0) is 27.9 Å². The average Bonchev–Trinajstić information content (AvgIpc) is 3.25. The van der Waals surface area contributed by atoms with Crippen molar-refractivity contribution >= 4 is 28.6 Å². The molecule has 0 spiro atoms. The molecule has 3 aromatic rings. The van der Waals surface area contributed by atoms with Gasteiger partial charge in [-0.3, -0.25) is 0 Å². The highest BCUT2D eigenvalue weighted by molar-refractivity contribution is 6.32. The number of aliphatic hydroxyl groups excluding tert-OH is 3. The van der Waals surface area contributed by atoms with Gasteiger partial charge >= 0.3 is 5.97 Å². The summed E-state index contributed by atoms with van der Waals surface area (Å²) in [6, 6.07) is 8.36. The largest absolute Gasteiger partial charge is 0.496 e. The zero-order chi connectivity index (χ0) is 26.0. The van der Waals surface area contributed by atoms with Gasteiger partial charge in [0.1, 0.15) is 47.5 Å². The molecule has 2 heterocycles. The third kappa shape index (κ3) is 5.09. The number of aryl methyl sites for hydroxylation is 1. The summed E-state index contributed by atoms with van der Waals surface area (Å²) in [7, 11) is 4.43. The van der Waals surface area contributed by atoms with Crippen LogP contribution in [0.3, 0.4) is 0 Å². The smallest absolute Gasteiger partial charge is 0.342 e. The molecule has 194 valence electrons. The minimum Gasteiger partial charge on any atom is -0.496 e. The lowest BCUT2D eigenvalue weighted by Gasteiger charge is -2.40. The molecule has 1 aromatic heterocycles. The Morgan fingerprint density at radius 1 is 1.17 bits per heavy atom. The molecular formula is C23H26ClN3O9. The van der Waals surface area contributed by atoms with Crippen molar-refractivity contribution in [1.82, 2.24) is 15.0 Å². The van der Waals surface area contributed by atoms with Crippen LogP contribution in [0.1, 0.15) is 15.9 Å². The molecule has 12 nitrogen and oxygen atoms in total. The number of carbonyl (C=O) groups is 1. The number of ether oxygens (including phenoxy) is 5. The minimum absolute atomic E-state index is 0.0448. The van der Waals surface area contributed by atoms with Crippen molar-refractivity contribution in [3.63, 3.8) is 0 Å². The summed E-state index contributed by atoms with van der Waals surface area (Å²) in [5.41, 5.74) is 2.39. The number of aliphatic hydroxyl groups is 3. The van der Waals surface area contributed by atoms with E-state index >= 15 is 0 Å². The second-order valence-electron chi connectivity index (χ2n) is 8.12. The van der Waals surface area contributed by atoms with Crippen LogP contribution in [0, 0.1) is 0 Å². The van der Waals surface area contributed by atoms with E-state index in [-0.39, 0.29) is 28.7 Å². The fourth-order valence-corrected chi connectivity index (χ4v) is 4.09. The van der Waals surface area contributed by atoms with E-state index in [1.807, 2.05) is 18.2 Å². The number of benzene rings is 2. The molecule has 4 rings (SSSR count). The Bertz CT molecular complexity index is 1240. The van der Waals surface area contributed by atoms with Crippen LogP contribution in [-0.4, -0.2) is 87.8 Å². The zero-order valence-electron chi connectivity index (χ0n) is 19.7. The fourth-order valence-electron chi connectivity index (χ4n) is 3.87. The normalized spacial score (nSPS) is 24.0. The average molecular weight is 524 g/mol. The SMILES string of the molecule is COc1cc(OCc2ccc3c(c2)nnn3C)c(Cl)cc1C(=O)O[C@H]1[C@@H](OC)O[C@H](CO)[C@@H](O)[C@@H]1O. The summed E-state index contributed by atoms with van der Waals surface area (Å²) in [5, 5.41) is 38.1. The van der Waals surface area contributed by atoms with Crippen molar-refractivity contribution in [2.24, 2.45) is 7.05 Å². The fraction of sp³-hybridized carbons (Fsp3) is 0.435. The van der Waals surface area contributed by atoms with Gasteiger partial charge in [0.15, 0.2) is 12.4 Å². The molecule has 1 saturated heterocycles. The number of aromatic nitrogens is 3. The van der Waals surface area contributed by atoms with Crippen LogP contribution in [0.4, 0.5) is 0 Å². The van der Waals surface area contributed by atoms with Crippen molar-refractivity contribution in [3.05, 3.63) is 46.5 Å². The van der Waals surface area contributed by atoms with Gasteiger partial charge in [0.25, 0.3) is 0 Å². The number of esters is 1. The summed E-state index contributed by atoms with van der Waals surface area (Å²) in [6.07, 6.45) is -6.77. The molecule has 0 bridgehead atoms. The van der Waals surface area contributed by atoms with Crippen molar-refractivity contribution in [1.29, 1.82) is 0 Å². The summed E-state index contributed by atoms with van der Waals surface area (Å²) in [6.45, 7) is -0.388. The molecule has 0 amide bonds. The Labute approximate surface area is 210 Å². The van der Waals surface area contributed by atoms with Crippen LogP contribution in [0.15, 0.2) is 30.3 Å². The van der Waals surface area contributed by atoms with E-state index in [1.54, 1.807) is 11.7 Å². The third-order valence-electron chi connectivity index (χ3n) is 5.84. The number of hydrogen-bond acceptors (Lipinski definition) is 11. The topological polar surface area (TPSA) is 155 Å². The van der Waals surface area contributed by atoms with Crippen LogP contribution in [0.25, 0.3) is 11.0 Å². The Kier molecular flexibility index (Phi) is 7.93. The van der Waals surface area contributed by atoms with Gasteiger partial charge in [-0.15, -0.1) is 5.10 Å². The van der Waals surface area contributed by atoms with E-state index in [1.165, 1.54) is 26.4 Å². The second kappa shape index (κ2) is 10.9. The lowest BCUT2D eigenvalue weighted by atomic mass is 9.99. The first-order chi connectivity index (χ1) is 17.3. The molecular weight excluding hydrogens is 498 g/mol. The first-order valence-corrected chi connectivity index (χ1v) is 11.3. The first-order valence-electron chi connectivity index (χ1n) is 10.9. The van der Waals surface area contributed by atoms with E-state index in [2.05, 4.69) is 10.3 Å². The third-order valence-corrected chi connectivity index (χ3v) is 6.14. The van der Waals surface area contributed by atoms with Gasteiger partial charge in [0.2, 0.25) is 0 Å². The lowest BCUT2D eigenvalue weighted by Crippen LogP contribution is -2.60. The Morgan fingerprint density at radius 2 is 1.94 bits per heavy atom. The monoisotopic (exact) mass is 523 g/mol. The van der Waals surface area contributed by atoms with Gasteiger partial charge < -0.3 is 39.0 Å². The Hall–Kier alpha value is -3.00. The van der Waals surface area contributed by atoms with E-state index in [0.717, 1.165) is 16.6 Å². The highest BCUT2D eigenvalue weighted by Crippen LogP contribution is 2.35. The van der Waals surface area contributed by atoms with Crippen molar-refractivity contribution in [2.75, 3.05) is 20.8 Å². The molecule has 2 aromatic carbocycles. The molecule has 36 heavy (non-hydrogen) atoms. The highest BCUT2D eigenvalue weighted by atomic mass is 35.5. The van der Waals surface area contributed by atoms with Crippen molar-refractivity contribution in [3.8, 4) is 11.5 Å². The zero-order valence-corrected chi connectivity index (χ0v) is 20.5. The van der Waals surface area contributed by atoms with E-state index < -0.39 is 43.3 Å². The quantitative estimate of drug-likeness (QED) is 0.359. The molecule has 0 radical (unpaired) electrons. The van der Waals surface area contributed by atoms with Crippen LogP contribution >= 0.6 is 11.6 Å². The lowest BCUT2D eigenvalue weighted by molar-refractivity contribution is -0.293. The van der Waals surface area contributed by atoms with E-state index in [9.17, 15) is 20.1 Å². The van der Waals surface area contributed by atoms with Crippen LogP contribution in [0.2, 0.25) is 5.02 Å². The number of rotatable bonds is 8. The maximum Gasteiger partial charge on any atom is 0.342 e. The number of hydrogen-bond donors (Lipinski definition) is 3. The molecule has 13 heteroatoms. The predicted octanol–water partition coefficient (Wildman–Crippen LogP) is 0.820. The standard InChI is InChI=1S/C23H26ClN3O9/c1-27-15-5-4-11(6-14(15)25-26-27)10-34-17-8-16(32-2)12(7-13(17)24)22(31)36-21-20(30)19(29)18(9-28)35-23(21)33-3/h4-8,18-21,23,28-30H,9-10H2,1-3H3/t18-,19-,20+,21-,23+/m1/s1. The van der Waals surface area contributed by atoms with Gasteiger partial charge in [-0.2, -0.15) is 0 Å².